The first-order chi connectivity index (χ1) is 13.0. The molecule has 2 rings (SSSR count). The Bertz CT molecular complexity index is 854. The maximum atomic E-state index is 11.9. The second-order valence-electron chi connectivity index (χ2n) is 5.26. The van der Waals surface area contributed by atoms with Crippen LogP contribution in [-0.4, -0.2) is 31.2 Å². The van der Waals surface area contributed by atoms with Crippen molar-refractivity contribution in [2.45, 2.75) is 0 Å². The number of hydrogen-bond donors (Lipinski definition) is 2. The van der Waals surface area contributed by atoms with Crippen LogP contribution in [0.5, 0.6) is 5.75 Å². The first kappa shape index (κ1) is 20.7. The molecule has 2 aromatic rings. The molecule has 0 saturated heterocycles. The number of carbonyl (C=O) groups excluding carboxylic acids is 2. The van der Waals surface area contributed by atoms with Crippen LogP contribution < -0.4 is 15.5 Å². The Balaban J connectivity index is 1.87. The van der Waals surface area contributed by atoms with E-state index in [1.807, 2.05) is 6.07 Å². The smallest absolute Gasteiger partial charge is 0.259 e. The van der Waals surface area contributed by atoms with Gasteiger partial charge in [-0.05, 0) is 42.5 Å². The molecule has 2 aromatic carbocycles. The van der Waals surface area contributed by atoms with Gasteiger partial charge in [0.15, 0.2) is 0 Å². The standard InChI is InChI=1S/C19H17BrClN3O3/c1-2-9-27-17-8-5-15(20)10-14(17)11-23-24-18(25)12-22-19(26)13-3-6-16(21)7-4-13/h2-8,10-11H,1,9,12H2,(H,22,26)(H,24,25). The number of ether oxygens (including phenoxy) is 1. The first-order valence-corrected chi connectivity index (χ1v) is 9.05. The molecule has 0 radical (unpaired) electrons. The summed E-state index contributed by atoms with van der Waals surface area (Å²) in [5.74, 6) is -0.234. The fraction of sp³-hybridized carbons (Fsp3) is 0.105. The predicted octanol–water partition coefficient (Wildman–Crippen LogP) is 3.55. The summed E-state index contributed by atoms with van der Waals surface area (Å²) in [7, 11) is 0. The Morgan fingerprint density at radius 3 is 2.67 bits per heavy atom. The van der Waals surface area contributed by atoms with Crippen molar-refractivity contribution >= 4 is 45.6 Å². The van der Waals surface area contributed by atoms with Gasteiger partial charge in [0.2, 0.25) is 0 Å². The number of amides is 2. The van der Waals surface area contributed by atoms with E-state index in [4.69, 9.17) is 16.3 Å². The van der Waals surface area contributed by atoms with Crippen LogP contribution in [0, 0.1) is 0 Å². The van der Waals surface area contributed by atoms with Gasteiger partial charge in [0.25, 0.3) is 11.8 Å². The van der Waals surface area contributed by atoms with Crippen molar-refractivity contribution in [2.75, 3.05) is 13.2 Å². The van der Waals surface area contributed by atoms with Crippen LogP contribution in [0.1, 0.15) is 15.9 Å². The van der Waals surface area contributed by atoms with E-state index in [0.29, 0.717) is 28.5 Å². The summed E-state index contributed by atoms with van der Waals surface area (Å²) in [6.45, 7) is 3.74. The topological polar surface area (TPSA) is 79.8 Å². The molecule has 0 aliphatic rings. The number of carbonyl (C=O) groups is 2. The zero-order chi connectivity index (χ0) is 19.6. The van der Waals surface area contributed by atoms with Gasteiger partial charge in [-0.15, -0.1) is 0 Å². The van der Waals surface area contributed by atoms with E-state index < -0.39 is 5.91 Å². The summed E-state index contributed by atoms with van der Waals surface area (Å²) in [4.78, 5) is 23.8. The van der Waals surface area contributed by atoms with Gasteiger partial charge in [-0.25, -0.2) is 5.43 Å². The Morgan fingerprint density at radius 1 is 1.22 bits per heavy atom. The van der Waals surface area contributed by atoms with Crippen molar-refractivity contribution in [2.24, 2.45) is 5.10 Å². The van der Waals surface area contributed by atoms with Crippen LogP contribution in [-0.2, 0) is 4.79 Å². The Hall–Kier alpha value is -2.64. The Kier molecular flexibility index (Phi) is 8.03. The normalized spacial score (nSPS) is 10.4. The molecule has 2 N–H and O–H groups in total. The molecule has 0 aliphatic heterocycles. The summed E-state index contributed by atoms with van der Waals surface area (Å²) in [6, 6.07) is 11.8. The molecule has 0 aromatic heterocycles. The zero-order valence-corrected chi connectivity index (χ0v) is 16.6. The minimum Gasteiger partial charge on any atom is -0.489 e. The van der Waals surface area contributed by atoms with Gasteiger partial charge < -0.3 is 10.1 Å². The quantitative estimate of drug-likeness (QED) is 0.367. The van der Waals surface area contributed by atoms with Crippen LogP contribution in [0.2, 0.25) is 5.02 Å². The highest BCUT2D eigenvalue weighted by Crippen LogP contribution is 2.21. The minimum absolute atomic E-state index is 0.211. The van der Waals surface area contributed by atoms with Gasteiger partial charge in [0.1, 0.15) is 12.4 Å². The van der Waals surface area contributed by atoms with Crippen molar-refractivity contribution in [3.63, 3.8) is 0 Å². The van der Waals surface area contributed by atoms with Crippen LogP contribution >= 0.6 is 27.5 Å². The molecule has 8 heteroatoms. The highest BCUT2D eigenvalue weighted by molar-refractivity contribution is 9.10. The number of nitrogens with zero attached hydrogens (tertiary/aromatic N) is 1. The minimum atomic E-state index is -0.461. The first-order valence-electron chi connectivity index (χ1n) is 7.88. The summed E-state index contributed by atoms with van der Waals surface area (Å²) in [6.07, 6.45) is 3.09. The summed E-state index contributed by atoms with van der Waals surface area (Å²) >= 11 is 9.14. The van der Waals surface area contributed by atoms with Crippen LogP contribution in [0.4, 0.5) is 0 Å². The van der Waals surface area contributed by atoms with E-state index in [1.54, 1.807) is 42.5 Å². The molecule has 0 aliphatic carbocycles. The lowest BCUT2D eigenvalue weighted by Gasteiger charge is -2.07. The van der Waals surface area contributed by atoms with Crippen LogP contribution in [0.25, 0.3) is 0 Å². The number of halogens is 2. The molecule has 0 fully saturated rings. The lowest BCUT2D eigenvalue weighted by molar-refractivity contribution is -0.120. The molecule has 0 spiro atoms. The molecule has 0 unspecified atom stereocenters. The third-order valence-electron chi connectivity index (χ3n) is 3.24. The van der Waals surface area contributed by atoms with Gasteiger partial charge in [0.05, 0.1) is 12.8 Å². The molecule has 6 nitrogen and oxygen atoms in total. The largest absolute Gasteiger partial charge is 0.489 e. The highest BCUT2D eigenvalue weighted by Gasteiger charge is 2.07. The van der Waals surface area contributed by atoms with Gasteiger partial charge in [-0.3, -0.25) is 9.59 Å². The average molecular weight is 451 g/mol. The second kappa shape index (κ2) is 10.5. The van der Waals surface area contributed by atoms with Crippen molar-refractivity contribution in [3.05, 3.63) is 75.7 Å². The number of nitrogens with one attached hydrogen (secondary N) is 2. The van der Waals surface area contributed by atoms with E-state index in [0.717, 1.165) is 4.47 Å². The third-order valence-corrected chi connectivity index (χ3v) is 3.98. The lowest BCUT2D eigenvalue weighted by atomic mass is 10.2. The molecule has 140 valence electrons. The maximum absolute atomic E-state index is 11.9. The highest BCUT2D eigenvalue weighted by atomic mass is 79.9. The van der Waals surface area contributed by atoms with Crippen LogP contribution in [0.15, 0.2) is 64.7 Å². The van der Waals surface area contributed by atoms with E-state index >= 15 is 0 Å². The molecular weight excluding hydrogens is 434 g/mol. The third kappa shape index (κ3) is 6.88. The van der Waals surface area contributed by atoms with Crippen molar-refractivity contribution in [1.82, 2.24) is 10.7 Å². The molecule has 2 amide bonds. The molecule has 27 heavy (non-hydrogen) atoms. The molecule has 0 saturated carbocycles. The Morgan fingerprint density at radius 2 is 1.96 bits per heavy atom. The fourth-order valence-corrected chi connectivity index (χ4v) is 2.48. The second-order valence-corrected chi connectivity index (χ2v) is 6.62. The molecule has 0 atom stereocenters. The van der Waals surface area contributed by atoms with Crippen molar-refractivity contribution in [1.29, 1.82) is 0 Å². The van der Waals surface area contributed by atoms with Crippen molar-refractivity contribution < 1.29 is 14.3 Å². The van der Waals surface area contributed by atoms with Gasteiger partial charge >= 0.3 is 0 Å². The summed E-state index contributed by atoms with van der Waals surface area (Å²) in [5, 5.41) is 6.93. The fourth-order valence-electron chi connectivity index (χ4n) is 1.98. The van der Waals surface area contributed by atoms with Gasteiger partial charge in [-0.2, -0.15) is 5.10 Å². The summed E-state index contributed by atoms with van der Waals surface area (Å²) in [5.41, 5.74) is 3.44. The summed E-state index contributed by atoms with van der Waals surface area (Å²) < 4.78 is 6.37. The molecular formula is C19H17BrClN3O3. The number of hydrogen-bond acceptors (Lipinski definition) is 4. The molecule has 0 bridgehead atoms. The van der Waals surface area contributed by atoms with E-state index in [2.05, 4.69) is 38.4 Å². The molecule has 0 heterocycles. The number of benzene rings is 2. The van der Waals surface area contributed by atoms with E-state index in [1.165, 1.54) is 6.21 Å². The average Bonchev–Trinajstić information content (AvgIpc) is 2.66. The Labute approximate surface area is 170 Å². The van der Waals surface area contributed by atoms with Crippen molar-refractivity contribution in [3.8, 4) is 5.75 Å². The maximum Gasteiger partial charge on any atom is 0.259 e. The van der Waals surface area contributed by atoms with Crippen LogP contribution in [0.3, 0.4) is 0 Å². The zero-order valence-electron chi connectivity index (χ0n) is 14.2. The number of rotatable bonds is 8. The van der Waals surface area contributed by atoms with E-state index in [9.17, 15) is 9.59 Å². The monoisotopic (exact) mass is 449 g/mol. The van der Waals surface area contributed by atoms with Gasteiger partial charge in [-0.1, -0.05) is 40.2 Å². The SMILES string of the molecule is C=CCOc1ccc(Br)cc1C=NNC(=O)CNC(=O)c1ccc(Cl)cc1. The predicted molar refractivity (Wildman–Crippen MR) is 109 cm³/mol. The number of hydrazone groups is 1. The van der Waals surface area contributed by atoms with E-state index in [-0.39, 0.29) is 12.5 Å². The lowest BCUT2D eigenvalue weighted by Crippen LogP contribution is -2.34. The van der Waals surface area contributed by atoms with Gasteiger partial charge in [0, 0.05) is 20.6 Å².